The van der Waals surface area contributed by atoms with Gasteiger partial charge in [-0.25, -0.2) is 0 Å². The first kappa shape index (κ1) is 12.3. The maximum absolute atomic E-state index is 4.29. The molecule has 0 saturated carbocycles. The molecular formula is C15H23. The van der Waals surface area contributed by atoms with Crippen LogP contribution in [0.25, 0.3) is 0 Å². The molecule has 0 heteroatoms. The largest absolute Gasteiger partial charge is 0.0654 e. The van der Waals surface area contributed by atoms with Crippen LogP contribution in [0, 0.1) is 12.3 Å². The van der Waals surface area contributed by atoms with Gasteiger partial charge in [0, 0.05) is 0 Å². The highest BCUT2D eigenvalue weighted by atomic mass is 14.2. The SMILES string of the molecule is [CH2]C(C)(CCC)CCCc1ccccc1. The van der Waals surface area contributed by atoms with Crippen molar-refractivity contribution in [3.63, 3.8) is 0 Å². The first-order valence-electron chi connectivity index (χ1n) is 6.03. The van der Waals surface area contributed by atoms with E-state index in [2.05, 4.69) is 51.1 Å². The molecule has 0 aliphatic rings. The van der Waals surface area contributed by atoms with E-state index in [1.54, 1.807) is 0 Å². The number of hydrogen-bond donors (Lipinski definition) is 0. The Morgan fingerprint density at radius 1 is 1.13 bits per heavy atom. The van der Waals surface area contributed by atoms with Gasteiger partial charge >= 0.3 is 0 Å². The molecule has 0 aliphatic heterocycles. The predicted octanol–water partition coefficient (Wildman–Crippen LogP) is 4.65. The van der Waals surface area contributed by atoms with Crippen LogP contribution in [0.5, 0.6) is 0 Å². The Kier molecular flexibility index (Phi) is 4.87. The van der Waals surface area contributed by atoms with Crippen LogP contribution in [-0.4, -0.2) is 0 Å². The fourth-order valence-corrected chi connectivity index (χ4v) is 2.09. The average Bonchev–Trinajstić information content (AvgIpc) is 2.19. The lowest BCUT2D eigenvalue weighted by atomic mass is 9.82. The molecule has 0 spiro atoms. The van der Waals surface area contributed by atoms with Crippen LogP contribution >= 0.6 is 0 Å². The third kappa shape index (κ3) is 5.01. The smallest absolute Gasteiger partial charge is 0.0279 e. The molecule has 1 unspecified atom stereocenters. The standard InChI is InChI=1S/C15H23/c1-4-12-15(2,3)13-8-11-14-9-6-5-7-10-14/h5-7,9-10H,2,4,8,11-13H2,1,3H3. The molecule has 0 aromatic heterocycles. The Morgan fingerprint density at radius 2 is 1.80 bits per heavy atom. The Labute approximate surface area is 94.7 Å². The lowest BCUT2D eigenvalue weighted by Crippen LogP contribution is -2.11. The molecule has 0 N–H and O–H groups in total. The minimum absolute atomic E-state index is 0.281. The fourth-order valence-electron chi connectivity index (χ4n) is 2.09. The Balaban J connectivity index is 2.27. The van der Waals surface area contributed by atoms with E-state index in [0.717, 1.165) is 0 Å². The quantitative estimate of drug-likeness (QED) is 0.631. The molecule has 0 bridgehead atoms. The molecule has 0 nitrogen and oxygen atoms in total. The molecule has 0 aliphatic carbocycles. The van der Waals surface area contributed by atoms with Gasteiger partial charge in [-0.1, -0.05) is 50.6 Å². The summed E-state index contributed by atoms with van der Waals surface area (Å²) in [7, 11) is 0. The van der Waals surface area contributed by atoms with E-state index in [9.17, 15) is 0 Å². The van der Waals surface area contributed by atoms with Crippen molar-refractivity contribution in [2.75, 3.05) is 0 Å². The summed E-state index contributed by atoms with van der Waals surface area (Å²) in [6, 6.07) is 10.7. The highest BCUT2D eigenvalue weighted by Crippen LogP contribution is 2.28. The van der Waals surface area contributed by atoms with Crippen molar-refractivity contribution in [2.45, 2.75) is 46.0 Å². The van der Waals surface area contributed by atoms with Crippen LogP contribution in [0.2, 0.25) is 0 Å². The van der Waals surface area contributed by atoms with Gasteiger partial charge in [-0.3, -0.25) is 0 Å². The van der Waals surface area contributed by atoms with Crippen LogP contribution in [0.1, 0.15) is 45.1 Å². The molecule has 1 rings (SSSR count). The third-order valence-corrected chi connectivity index (χ3v) is 2.94. The maximum atomic E-state index is 4.29. The topological polar surface area (TPSA) is 0 Å². The van der Waals surface area contributed by atoms with E-state index in [-0.39, 0.29) is 5.41 Å². The van der Waals surface area contributed by atoms with Gasteiger partial charge in [-0.05, 0) is 43.6 Å². The lowest BCUT2D eigenvalue weighted by Gasteiger charge is -2.23. The Morgan fingerprint density at radius 3 is 2.40 bits per heavy atom. The number of rotatable bonds is 6. The molecule has 15 heavy (non-hydrogen) atoms. The molecule has 1 atom stereocenters. The van der Waals surface area contributed by atoms with Gasteiger partial charge in [0.15, 0.2) is 0 Å². The second kappa shape index (κ2) is 5.95. The summed E-state index contributed by atoms with van der Waals surface area (Å²) < 4.78 is 0. The summed E-state index contributed by atoms with van der Waals surface area (Å²) in [5, 5.41) is 0. The Hall–Kier alpha value is -0.780. The third-order valence-electron chi connectivity index (χ3n) is 2.94. The first-order valence-corrected chi connectivity index (χ1v) is 6.03. The second-order valence-electron chi connectivity index (χ2n) is 4.90. The summed E-state index contributed by atoms with van der Waals surface area (Å²) >= 11 is 0. The normalized spacial score (nSPS) is 11.7. The van der Waals surface area contributed by atoms with Crippen molar-refractivity contribution in [1.82, 2.24) is 0 Å². The summed E-state index contributed by atoms with van der Waals surface area (Å²) in [5.74, 6) is 0. The van der Waals surface area contributed by atoms with E-state index in [1.807, 2.05) is 0 Å². The van der Waals surface area contributed by atoms with Crippen LogP contribution < -0.4 is 0 Å². The van der Waals surface area contributed by atoms with Crippen LogP contribution in [-0.2, 0) is 6.42 Å². The second-order valence-corrected chi connectivity index (χ2v) is 4.90. The van der Waals surface area contributed by atoms with E-state index in [0.29, 0.717) is 0 Å². The highest BCUT2D eigenvalue weighted by molar-refractivity contribution is 5.14. The van der Waals surface area contributed by atoms with E-state index in [1.165, 1.54) is 37.7 Å². The minimum atomic E-state index is 0.281. The lowest BCUT2D eigenvalue weighted by molar-refractivity contribution is 0.342. The molecular weight excluding hydrogens is 180 g/mol. The molecule has 83 valence electrons. The van der Waals surface area contributed by atoms with Crippen LogP contribution in [0.4, 0.5) is 0 Å². The van der Waals surface area contributed by atoms with E-state index >= 15 is 0 Å². The summed E-state index contributed by atoms with van der Waals surface area (Å²) in [6.45, 7) is 8.81. The van der Waals surface area contributed by atoms with Crippen molar-refractivity contribution in [2.24, 2.45) is 5.41 Å². The van der Waals surface area contributed by atoms with Crippen molar-refractivity contribution >= 4 is 0 Å². The summed E-state index contributed by atoms with van der Waals surface area (Å²) in [6.07, 6.45) is 6.16. The van der Waals surface area contributed by atoms with Crippen LogP contribution in [0.3, 0.4) is 0 Å². The van der Waals surface area contributed by atoms with Crippen LogP contribution in [0.15, 0.2) is 30.3 Å². The van der Waals surface area contributed by atoms with Gasteiger partial charge in [-0.15, -0.1) is 0 Å². The maximum Gasteiger partial charge on any atom is -0.0279 e. The van der Waals surface area contributed by atoms with Gasteiger partial charge in [0.2, 0.25) is 0 Å². The predicted molar refractivity (Wildman–Crippen MR) is 67.8 cm³/mol. The number of benzene rings is 1. The van der Waals surface area contributed by atoms with E-state index in [4.69, 9.17) is 0 Å². The zero-order valence-corrected chi connectivity index (χ0v) is 10.1. The number of hydrogen-bond acceptors (Lipinski definition) is 0. The zero-order valence-electron chi connectivity index (χ0n) is 10.1. The highest BCUT2D eigenvalue weighted by Gasteiger charge is 2.15. The van der Waals surface area contributed by atoms with Gasteiger partial charge in [0.25, 0.3) is 0 Å². The molecule has 0 heterocycles. The molecule has 1 radical (unpaired) electrons. The zero-order chi connectivity index (χ0) is 11.1. The summed E-state index contributed by atoms with van der Waals surface area (Å²) in [5.41, 5.74) is 1.73. The van der Waals surface area contributed by atoms with Crippen molar-refractivity contribution < 1.29 is 0 Å². The minimum Gasteiger partial charge on any atom is -0.0654 e. The van der Waals surface area contributed by atoms with Gasteiger partial charge in [0.05, 0.1) is 0 Å². The monoisotopic (exact) mass is 203 g/mol. The van der Waals surface area contributed by atoms with E-state index < -0.39 is 0 Å². The molecule has 0 fully saturated rings. The van der Waals surface area contributed by atoms with Gasteiger partial charge in [0.1, 0.15) is 0 Å². The van der Waals surface area contributed by atoms with Crippen molar-refractivity contribution in [3.05, 3.63) is 42.8 Å². The summed E-state index contributed by atoms with van der Waals surface area (Å²) in [4.78, 5) is 0. The van der Waals surface area contributed by atoms with Gasteiger partial charge < -0.3 is 0 Å². The van der Waals surface area contributed by atoms with Gasteiger partial charge in [-0.2, -0.15) is 0 Å². The molecule has 0 saturated heterocycles. The van der Waals surface area contributed by atoms with Crippen molar-refractivity contribution in [3.8, 4) is 0 Å². The number of aryl methyl sites for hydroxylation is 1. The molecule has 0 amide bonds. The molecule has 1 aromatic carbocycles. The fraction of sp³-hybridized carbons (Fsp3) is 0.533. The Bertz CT molecular complexity index is 259. The van der Waals surface area contributed by atoms with Crippen molar-refractivity contribution in [1.29, 1.82) is 0 Å². The average molecular weight is 203 g/mol. The molecule has 1 aromatic rings. The first-order chi connectivity index (χ1) is 7.14.